The van der Waals surface area contributed by atoms with Crippen LogP contribution >= 0.6 is 11.6 Å². The molecule has 0 unspecified atom stereocenters. The molecule has 8 heteroatoms. The summed E-state index contributed by atoms with van der Waals surface area (Å²) in [4.78, 5) is 8.95. The van der Waals surface area contributed by atoms with Crippen molar-refractivity contribution in [3.63, 3.8) is 0 Å². The molecule has 0 atom stereocenters. The number of furan rings is 2. The molecule has 6 aromatic carbocycles. The van der Waals surface area contributed by atoms with Crippen LogP contribution in [0.2, 0.25) is 5.15 Å². The van der Waals surface area contributed by atoms with Crippen molar-refractivity contribution >= 4 is 89.9 Å². The van der Waals surface area contributed by atoms with Crippen LogP contribution in [0.4, 0.5) is 0 Å². The van der Waals surface area contributed by atoms with Crippen LogP contribution in [-0.4, -0.2) is 27.1 Å². The summed E-state index contributed by atoms with van der Waals surface area (Å²) >= 11 is 5.71. The van der Waals surface area contributed by atoms with Crippen LogP contribution in [0.3, 0.4) is 0 Å². The third-order valence-corrected chi connectivity index (χ3v) is 8.77. The lowest BCUT2D eigenvalue weighted by molar-refractivity contribution is 0.425. The van der Waals surface area contributed by atoms with Crippen molar-refractivity contribution in [1.82, 2.24) is 9.97 Å². The molecule has 0 aliphatic carbocycles. The number of rotatable bonds is 2. The van der Waals surface area contributed by atoms with Crippen LogP contribution in [0.15, 0.2) is 167 Å². The predicted molar refractivity (Wildman–Crippen MR) is 205 cm³/mol. The highest BCUT2D eigenvalue weighted by Crippen LogP contribution is 2.35. The molecule has 0 saturated carbocycles. The third-order valence-electron chi connectivity index (χ3n) is 8.56. The number of pyridine rings is 2. The van der Waals surface area contributed by atoms with Crippen molar-refractivity contribution in [1.29, 1.82) is 0 Å². The number of para-hydroxylation sites is 6. The summed E-state index contributed by atoms with van der Waals surface area (Å²) in [6.45, 7) is 0. The van der Waals surface area contributed by atoms with Gasteiger partial charge in [-0.15, -0.1) is 0 Å². The van der Waals surface area contributed by atoms with Gasteiger partial charge in [-0.25, -0.2) is 9.97 Å². The zero-order chi connectivity index (χ0) is 34.0. The van der Waals surface area contributed by atoms with Gasteiger partial charge < -0.3 is 18.9 Å². The van der Waals surface area contributed by atoms with Gasteiger partial charge in [0.1, 0.15) is 27.5 Å². The van der Waals surface area contributed by atoms with Gasteiger partial charge in [0.2, 0.25) is 0 Å². The second-order valence-corrected chi connectivity index (χ2v) is 12.1. The second kappa shape index (κ2) is 13.5. The molecule has 240 valence electrons. The summed E-state index contributed by atoms with van der Waals surface area (Å²) in [7, 11) is -1.51. The molecule has 50 heavy (non-hydrogen) atoms. The SMILES string of the molecule is Clc1ccc2ccccc2n1.OB(O)c1cccc2c1oc1ccccc12.c1ccc2nc(-c3cccc4c3oc3ccccc34)ccc2c1. The van der Waals surface area contributed by atoms with Crippen LogP contribution in [0.1, 0.15) is 0 Å². The van der Waals surface area contributed by atoms with E-state index in [2.05, 4.69) is 47.4 Å². The number of aromatic nitrogens is 2. The summed E-state index contributed by atoms with van der Waals surface area (Å²) < 4.78 is 11.7. The highest BCUT2D eigenvalue weighted by atomic mass is 35.5. The maximum atomic E-state index is 9.24. The fourth-order valence-electron chi connectivity index (χ4n) is 6.18. The number of fused-ring (bicyclic) bond motifs is 8. The molecule has 0 radical (unpaired) electrons. The Morgan fingerprint density at radius 1 is 0.460 bits per heavy atom. The molecular weight excluding hydrogens is 643 g/mol. The number of halogens is 1. The molecule has 0 saturated heterocycles. The van der Waals surface area contributed by atoms with Gasteiger partial charge in [-0.3, -0.25) is 0 Å². The van der Waals surface area contributed by atoms with E-state index < -0.39 is 7.12 Å². The molecule has 0 fully saturated rings. The number of hydrogen-bond donors (Lipinski definition) is 2. The van der Waals surface area contributed by atoms with E-state index in [1.54, 1.807) is 18.2 Å². The van der Waals surface area contributed by atoms with Crippen LogP contribution in [0, 0.1) is 0 Å². The molecule has 0 amide bonds. The van der Waals surface area contributed by atoms with E-state index in [1.165, 1.54) is 0 Å². The summed E-state index contributed by atoms with van der Waals surface area (Å²) in [5.74, 6) is 0. The zero-order valence-corrected chi connectivity index (χ0v) is 27.3. The number of benzene rings is 6. The summed E-state index contributed by atoms with van der Waals surface area (Å²) in [5.41, 5.74) is 7.42. The molecule has 0 bridgehead atoms. The fourth-order valence-corrected chi connectivity index (χ4v) is 6.33. The van der Waals surface area contributed by atoms with Crippen LogP contribution in [0.5, 0.6) is 0 Å². The maximum absolute atomic E-state index is 9.24. The smallest absolute Gasteiger partial charge is 0.456 e. The molecule has 0 aliphatic heterocycles. The zero-order valence-electron chi connectivity index (χ0n) is 26.6. The van der Waals surface area contributed by atoms with Gasteiger partial charge in [-0.2, -0.15) is 0 Å². The highest BCUT2D eigenvalue weighted by Gasteiger charge is 2.18. The molecule has 4 aromatic heterocycles. The van der Waals surface area contributed by atoms with Crippen molar-refractivity contribution in [2.75, 3.05) is 0 Å². The van der Waals surface area contributed by atoms with E-state index in [0.29, 0.717) is 16.2 Å². The average Bonchev–Trinajstić information content (AvgIpc) is 3.74. The first-order valence-corrected chi connectivity index (χ1v) is 16.5. The lowest BCUT2D eigenvalue weighted by atomic mass is 9.79. The standard InChI is InChI=1S/C21H13NO.C12H9BO3.C9H6ClN/c1-3-10-18-14(6-1)12-13-19(22-18)17-9-5-8-16-15-7-2-4-11-20(15)23-21(16)17;14-13(15)10-6-3-5-9-8-4-1-2-7-11(8)16-12(9)10;10-9-6-5-7-3-1-2-4-8(7)11-9/h1-13H;1-7,14-15H;1-6H. The van der Waals surface area contributed by atoms with Crippen LogP contribution in [0.25, 0.3) is 76.9 Å². The Labute approximate surface area is 292 Å². The minimum atomic E-state index is -1.51. The first-order chi connectivity index (χ1) is 24.5. The molecule has 0 spiro atoms. The lowest BCUT2D eigenvalue weighted by Gasteiger charge is -2.04. The topological polar surface area (TPSA) is 92.5 Å². The first kappa shape index (κ1) is 31.3. The Bertz CT molecular complexity index is 2790. The maximum Gasteiger partial charge on any atom is 0.492 e. The molecule has 0 aliphatic rings. The Kier molecular flexibility index (Phi) is 8.45. The number of hydrogen-bond acceptors (Lipinski definition) is 6. The molecule has 4 heterocycles. The van der Waals surface area contributed by atoms with E-state index in [9.17, 15) is 10.0 Å². The van der Waals surface area contributed by atoms with Crippen molar-refractivity contribution < 1.29 is 18.9 Å². The first-order valence-electron chi connectivity index (χ1n) is 16.1. The molecule has 2 N–H and O–H groups in total. The summed E-state index contributed by atoms with van der Waals surface area (Å²) in [6.07, 6.45) is 0. The van der Waals surface area contributed by atoms with Gasteiger partial charge in [0.15, 0.2) is 0 Å². The van der Waals surface area contributed by atoms with Gasteiger partial charge in [0.05, 0.1) is 16.7 Å². The highest BCUT2D eigenvalue weighted by molar-refractivity contribution is 6.61. The fraction of sp³-hybridized carbons (Fsp3) is 0. The molecular formula is C42H28BClN2O4. The Balaban J connectivity index is 0.000000116. The van der Waals surface area contributed by atoms with Gasteiger partial charge in [0.25, 0.3) is 0 Å². The molecule has 10 aromatic rings. The summed E-state index contributed by atoms with van der Waals surface area (Å²) in [6, 6.07) is 51.3. The Morgan fingerprint density at radius 2 is 0.980 bits per heavy atom. The second-order valence-electron chi connectivity index (χ2n) is 11.7. The normalized spacial score (nSPS) is 11.1. The molecule has 6 nitrogen and oxygen atoms in total. The van der Waals surface area contributed by atoms with E-state index in [0.717, 1.165) is 71.4 Å². The van der Waals surface area contributed by atoms with E-state index >= 15 is 0 Å². The Hall–Kier alpha value is -5.99. The van der Waals surface area contributed by atoms with Gasteiger partial charge in [-0.05, 0) is 48.5 Å². The Morgan fingerprint density at radius 3 is 1.66 bits per heavy atom. The average molecular weight is 671 g/mol. The monoisotopic (exact) mass is 670 g/mol. The van der Waals surface area contributed by atoms with E-state index in [1.807, 2.05) is 97.1 Å². The third kappa shape index (κ3) is 6.06. The van der Waals surface area contributed by atoms with E-state index in [4.69, 9.17) is 25.4 Å². The van der Waals surface area contributed by atoms with Gasteiger partial charge in [-0.1, -0.05) is 121 Å². The van der Waals surface area contributed by atoms with Crippen molar-refractivity contribution in [2.24, 2.45) is 0 Å². The lowest BCUT2D eigenvalue weighted by Crippen LogP contribution is -2.29. The van der Waals surface area contributed by atoms with Crippen LogP contribution in [-0.2, 0) is 0 Å². The summed E-state index contributed by atoms with van der Waals surface area (Å²) in [5, 5.41) is 25.5. The minimum absolute atomic E-state index is 0.397. The van der Waals surface area contributed by atoms with Crippen LogP contribution < -0.4 is 5.46 Å². The van der Waals surface area contributed by atoms with Crippen molar-refractivity contribution in [2.45, 2.75) is 0 Å². The predicted octanol–water partition coefficient (Wildman–Crippen LogP) is 9.96. The van der Waals surface area contributed by atoms with E-state index in [-0.39, 0.29) is 0 Å². The minimum Gasteiger partial charge on any atom is -0.456 e. The molecule has 10 rings (SSSR count). The van der Waals surface area contributed by atoms with Crippen molar-refractivity contribution in [3.05, 3.63) is 163 Å². The number of nitrogens with zero attached hydrogens (tertiary/aromatic N) is 2. The van der Waals surface area contributed by atoms with Crippen molar-refractivity contribution in [3.8, 4) is 11.3 Å². The van der Waals surface area contributed by atoms with Gasteiger partial charge in [0, 0.05) is 43.3 Å². The van der Waals surface area contributed by atoms with Gasteiger partial charge >= 0.3 is 7.12 Å². The largest absolute Gasteiger partial charge is 0.492 e. The quantitative estimate of drug-likeness (QED) is 0.141.